The lowest BCUT2D eigenvalue weighted by molar-refractivity contribution is -0.118. The van der Waals surface area contributed by atoms with Gasteiger partial charge in [-0.15, -0.1) is 0 Å². The molecule has 5 heteroatoms. The normalized spacial score (nSPS) is 9.62. The van der Waals surface area contributed by atoms with E-state index in [1.807, 2.05) is 0 Å². The molecule has 2 N–H and O–H groups in total. The van der Waals surface area contributed by atoms with E-state index in [-0.39, 0.29) is 17.4 Å². The van der Waals surface area contributed by atoms with Crippen LogP contribution in [-0.2, 0) is 4.79 Å². The van der Waals surface area contributed by atoms with Crippen LogP contribution in [0.25, 0.3) is 0 Å². The minimum atomic E-state index is -0.450. The highest BCUT2D eigenvalue weighted by molar-refractivity contribution is 5.94. The van der Waals surface area contributed by atoms with E-state index in [1.165, 1.54) is 25.1 Å². The van der Waals surface area contributed by atoms with Crippen LogP contribution in [-0.4, -0.2) is 24.9 Å². The zero-order valence-corrected chi connectivity index (χ0v) is 8.92. The molecule has 1 aromatic rings. The van der Waals surface area contributed by atoms with E-state index < -0.39 is 5.82 Å². The zero-order chi connectivity index (χ0) is 12.0. The smallest absolute Gasteiger partial charge is 0.251 e. The van der Waals surface area contributed by atoms with E-state index in [2.05, 4.69) is 10.6 Å². The molecule has 16 heavy (non-hydrogen) atoms. The summed E-state index contributed by atoms with van der Waals surface area (Å²) >= 11 is 0. The Hall–Kier alpha value is -1.91. The van der Waals surface area contributed by atoms with Gasteiger partial charge in [0.1, 0.15) is 5.82 Å². The van der Waals surface area contributed by atoms with Gasteiger partial charge in [-0.2, -0.15) is 0 Å². The minimum Gasteiger partial charge on any atom is -0.355 e. The topological polar surface area (TPSA) is 58.2 Å². The molecule has 0 unspecified atom stereocenters. The molecule has 0 atom stereocenters. The lowest BCUT2D eigenvalue weighted by atomic mass is 10.2. The molecule has 0 aromatic heterocycles. The highest BCUT2D eigenvalue weighted by Crippen LogP contribution is 2.02. The van der Waals surface area contributed by atoms with E-state index in [0.717, 1.165) is 6.07 Å². The van der Waals surface area contributed by atoms with Gasteiger partial charge < -0.3 is 10.6 Å². The quantitative estimate of drug-likeness (QED) is 0.739. The van der Waals surface area contributed by atoms with Gasteiger partial charge in [0.15, 0.2) is 0 Å². The van der Waals surface area contributed by atoms with Gasteiger partial charge in [-0.25, -0.2) is 4.39 Å². The highest BCUT2D eigenvalue weighted by atomic mass is 19.1. The van der Waals surface area contributed by atoms with Gasteiger partial charge in [0.25, 0.3) is 5.91 Å². The van der Waals surface area contributed by atoms with Crippen molar-refractivity contribution < 1.29 is 14.0 Å². The first kappa shape index (κ1) is 12.2. The second-order valence-corrected chi connectivity index (χ2v) is 3.25. The van der Waals surface area contributed by atoms with Crippen molar-refractivity contribution in [2.45, 2.75) is 6.92 Å². The summed E-state index contributed by atoms with van der Waals surface area (Å²) in [4.78, 5) is 22.0. The van der Waals surface area contributed by atoms with Crippen molar-refractivity contribution in [3.8, 4) is 0 Å². The van der Waals surface area contributed by atoms with E-state index >= 15 is 0 Å². The number of benzene rings is 1. The van der Waals surface area contributed by atoms with Crippen molar-refractivity contribution in [3.05, 3.63) is 35.6 Å². The van der Waals surface area contributed by atoms with Crippen LogP contribution in [0.5, 0.6) is 0 Å². The molecule has 0 bridgehead atoms. The van der Waals surface area contributed by atoms with Crippen LogP contribution in [0.15, 0.2) is 24.3 Å². The summed E-state index contributed by atoms with van der Waals surface area (Å²) in [6.07, 6.45) is 0. The number of carbonyl (C=O) groups is 2. The maximum absolute atomic E-state index is 12.8. The standard InChI is InChI=1S/C11H13FN2O2/c1-8(15)13-5-6-14-11(16)9-3-2-4-10(12)7-9/h2-4,7H,5-6H2,1H3,(H,13,15)(H,14,16). The Kier molecular flexibility index (Phi) is 4.44. The Labute approximate surface area is 92.8 Å². The van der Waals surface area contributed by atoms with Gasteiger partial charge >= 0.3 is 0 Å². The largest absolute Gasteiger partial charge is 0.355 e. The van der Waals surface area contributed by atoms with Crippen LogP contribution in [0, 0.1) is 5.82 Å². The summed E-state index contributed by atoms with van der Waals surface area (Å²) in [5.41, 5.74) is 0.267. The van der Waals surface area contributed by atoms with E-state index in [0.29, 0.717) is 13.1 Å². The Morgan fingerprint density at radius 3 is 2.56 bits per heavy atom. The van der Waals surface area contributed by atoms with Crippen LogP contribution >= 0.6 is 0 Å². The van der Waals surface area contributed by atoms with Crippen LogP contribution < -0.4 is 10.6 Å². The Morgan fingerprint density at radius 1 is 1.25 bits per heavy atom. The fourth-order valence-electron chi connectivity index (χ4n) is 1.15. The van der Waals surface area contributed by atoms with Crippen LogP contribution in [0.3, 0.4) is 0 Å². The maximum Gasteiger partial charge on any atom is 0.251 e. The van der Waals surface area contributed by atoms with Crippen molar-refractivity contribution >= 4 is 11.8 Å². The molecule has 0 saturated carbocycles. The third-order valence-electron chi connectivity index (χ3n) is 1.87. The first-order valence-corrected chi connectivity index (χ1v) is 4.88. The van der Waals surface area contributed by atoms with Crippen molar-refractivity contribution in [1.82, 2.24) is 10.6 Å². The second kappa shape index (κ2) is 5.85. The van der Waals surface area contributed by atoms with E-state index in [1.54, 1.807) is 0 Å². The third kappa shape index (κ3) is 4.08. The predicted octanol–water partition coefficient (Wildman–Crippen LogP) is 0.692. The van der Waals surface area contributed by atoms with Gasteiger partial charge in [0.05, 0.1) is 0 Å². The second-order valence-electron chi connectivity index (χ2n) is 3.25. The molecule has 0 radical (unpaired) electrons. The fraction of sp³-hybridized carbons (Fsp3) is 0.273. The molecule has 0 aliphatic heterocycles. The first-order valence-electron chi connectivity index (χ1n) is 4.88. The minimum absolute atomic E-state index is 0.153. The van der Waals surface area contributed by atoms with Gasteiger partial charge in [0, 0.05) is 25.6 Å². The van der Waals surface area contributed by atoms with Crippen LogP contribution in [0.2, 0.25) is 0 Å². The molecule has 0 fully saturated rings. The molecule has 2 amide bonds. The maximum atomic E-state index is 12.8. The molecule has 0 spiro atoms. The van der Waals surface area contributed by atoms with Gasteiger partial charge in [0.2, 0.25) is 5.91 Å². The van der Waals surface area contributed by atoms with Crippen molar-refractivity contribution in [2.24, 2.45) is 0 Å². The average molecular weight is 224 g/mol. The zero-order valence-electron chi connectivity index (χ0n) is 8.92. The molecule has 86 valence electrons. The molecule has 1 rings (SSSR count). The van der Waals surface area contributed by atoms with Crippen molar-refractivity contribution in [2.75, 3.05) is 13.1 Å². The summed E-state index contributed by atoms with van der Waals surface area (Å²) in [6.45, 7) is 2.07. The highest BCUT2D eigenvalue weighted by Gasteiger charge is 2.04. The first-order chi connectivity index (χ1) is 7.59. The molecule has 0 aliphatic carbocycles. The number of hydrogen-bond donors (Lipinski definition) is 2. The summed E-state index contributed by atoms with van der Waals surface area (Å²) in [7, 11) is 0. The molecule has 4 nitrogen and oxygen atoms in total. The van der Waals surface area contributed by atoms with Gasteiger partial charge in [-0.3, -0.25) is 9.59 Å². The number of rotatable bonds is 4. The number of carbonyl (C=O) groups excluding carboxylic acids is 2. The molecule has 0 aliphatic rings. The monoisotopic (exact) mass is 224 g/mol. The lowest BCUT2D eigenvalue weighted by Gasteiger charge is -2.05. The lowest BCUT2D eigenvalue weighted by Crippen LogP contribution is -2.33. The summed E-state index contributed by atoms with van der Waals surface area (Å²) in [6, 6.07) is 5.43. The molecule has 1 aromatic carbocycles. The number of nitrogens with one attached hydrogen (secondary N) is 2. The van der Waals surface area contributed by atoms with Gasteiger partial charge in [-0.05, 0) is 18.2 Å². The predicted molar refractivity (Wildman–Crippen MR) is 57.4 cm³/mol. The van der Waals surface area contributed by atoms with E-state index in [4.69, 9.17) is 0 Å². The summed E-state index contributed by atoms with van der Waals surface area (Å²) < 4.78 is 12.8. The number of halogens is 1. The Balaban J connectivity index is 2.38. The summed E-state index contributed by atoms with van der Waals surface area (Å²) in [5, 5.41) is 5.10. The third-order valence-corrected chi connectivity index (χ3v) is 1.87. The average Bonchev–Trinajstić information content (AvgIpc) is 2.24. The molecular weight excluding hydrogens is 211 g/mol. The molecule has 0 heterocycles. The van der Waals surface area contributed by atoms with Crippen molar-refractivity contribution in [1.29, 1.82) is 0 Å². The fourth-order valence-corrected chi connectivity index (χ4v) is 1.15. The van der Waals surface area contributed by atoms with Crippen LogP contribution in [0.4, 0.5) is 4.39 Å². The Morgan fingerprint density at radius 2 is 1.94 bits per heavy atom. The Bertz CT molecular complexity index is 393. The van der Waals surface area contributed by atoms with Crippen molar-refractivity contribution in [3.63, 3.8) is 0 Å². The summed E-state index contributed by atoms with van der Waals surface area (Å²) in [5.74, 6) is -0.959. The van der Waals surface area contributed by atoms with E-state index in [9.17, 15) is 14.0 Å². The number of hydrogen-bond acceptors (Lipinski definition) is 2. The van der Waals surface area contributed by atoms with Gasteiger partial charge in [-0.1, -0.05) is 6.07 Å². The molecular formula is C11H13FN2O2. The SMILES string of the molecule is CC(=O)NCCNC(=O)c1cccc(F)c1. The van der Waals surface area contributed by atoms with Crippen LogP contribution in [0.1, 0.15) is 17.3 Å². The molecule has 0 saturated heterocycles. The number of amides is 2.